The predicted octanol–water partition coefficient (Wildman–Crippen LogP) is 4.80. The Hall–Kier alpha value is -2.82. The van der Waals surface area contributed by atoms with Crippen molar-refractivity contribution in [3.05, 3.63) is 95.6 Å². The second kappa shape index (κ2) is 8.61. The summed E-state index contributed by atoms with van der Waals surface area (Å²) < 4.78 is 11.4. The lowest BCUT2D eigenvalue weighted by Gasteiger charge is -2.54. The molecule has 4 heteroatoms. The van der Waals surface area contributed by atoms with Crippen LogP contribution in [0.4, 0.5) is 0 Å². The first-order chi connectivity index (χ1) is 15.9. The molecule has 3 aromatic carbocycles. The molecule has 3 saturated heterocycles. The Balaban J connectivity index is 1.34. The highest BCUT2D eigenvalue weighted by Crippen LogP contribution is 2.42. The van der Waals surface area contributed by atoms with E-state index >= 15 is 0 Å². The van der Waals surface area contributed by atoms with Gasteiger partial charge in [0.25, 0.3) is 0 Å². The molecule has 0 radical (unpaired) electrons. The number of hydrogen-bond acceptors (Lipinski definition) is 4. The van der Waals surface area contributed by atoms with Crippen molar-refractivity contribution in [1.29, 1.82) is 0 Å². The van der Waals surface area contributed by atoms with E-state index in [2.05, 4.69) is 83.0 Å². The second-order valence-electron chi connectivity index (χ2n) is 9.22. The third-order valence-electron chi connectivity index (χ3n) is 7.54. The van der Waals surface area contributed by atoms with E-state index in [-0.39, 0.29) is 0 Å². The van der Waals surface area contributed by atoms with Gasteiger partial charge in [-0.3, -0.25) is 4.90 Å². The van der Waals surface area contributed by atoms with E-state index in [1.807, 2.05) is 6.07 Å². The van der Waals surface area contributed by atoms with Crippen LogP contribution < -0.4 is 14.8 Å². The number of ether oxygens (including phenoxy) is 2. The zero-order valence-electron chi connectivity index (χ0n) is 18.3. The van der Waals surface area contributed by atoms with Gasteiger partial charge in [0.15, 0.2) is 11.5 Å². The molecule has 3 aromatic rings. The average molecular weight is 427 g/mol. The third-order valence-corrected chi connectivity index (χ3v) is 7.54. The van der Waals surface area contributed by atoms with Crippen molar-refractivity contribution in [2.75, 3.05) is 19.9 Å². The zero-order chi connectivity index (χ0) is 21.3. The highest BCUT2D eigenvalue weighted by Gasteiger charge is 2.46. The molecule has 0 spiro atoms. The molecule has 0 unspecified atom stereocenters. The Labute approximate surface area is 190 Å². The Bertz CT molecular complexity index is 1010. The van der Waals surface area contributed by atoms with Crippen molar-refractivity contribution < 1.29 is 9.47 Å². The van der Waals surface area contributed by atoms with Gasteiger partial charge in [-0.25, -0.2) is 0 Å². The van der Waals surface area contributed by atoms with Gasteiger partial charge in [-0.1, -0.05) is 72.8 Å². The summed E-state index contributed by atoms with van der Waals surface area (Å²) in [6, 6.07) is 29.2. The van der Waals surface area contributed by atoms with Gasteiger partial charge in [-0.2, -0.15) is 0 Å². The minimum absolute atomic E-state index is 0.318. The van der Waals surface area contributed by atoms with Crippen molar-refractivity contribution in [1.82, 2.24) is 10.2 Å². The van der Waals surface area contributed by atoms with Gasteiger partial charge in [-0.15, -0.1) is 0 Å². The SMILES string of the molecule is c1ccc(C(c2ccccc2)[C@H]2[C@H](NCc3cccc4c3OCO4)C3CCN2CC3)cc1. The number of benzene rings is 3. The van der Waals surface area contributed by atoms with Crippen LogP contribution in [-0.2, 0) is 6.54 Å². The number of nitrogens with zero attached hydrogens (tertiary/aromatic N) is 1. The molecule has 3 fully saturated rings. The largest absolute Gasteiger partial charge is 0.454 e. The molecule has 0 amide bonds. The van der Waals surface area contributed by atoms with Crippen LogP contribution in [0, 0.1) is 5.92 Å². The standard InChI is InChI=1S/C28H30N2O2/c1-3-8-20(9-4-1)25(21-10-5-2-6-11-21)27-26(22-14-16-30(27)17-15-22)29-18-23-12-7-13-24-28(23)32-19-31-24/h1-13,22,25-27,29H,14-19H2/t26-,27+/m1/s1. The third kappa shape index (κ3) is 3.58. The lowest BCUT2D eigenvalue weighted by molar-refractivity contribution is 0.00461. The molecule has 1 N–H and O–H groups in total. The van der Waals surface area contributed by atoms with Crippen molar-refractivity contribution in [3.8, 4) is 11.5 Å². The molecule has 4 nitrogen and oxygen atoms in total. The van der Waals surface area contributed by atoms with Crippen LogP contribution in [0.2, 0.25) is 0 Å². The molecule has 164 valence electrons. The summed E-state index contributed by atoms with van der Waals surface area (Å²) in [5, 5.41) is 3.99. The van der Waals surface area contributed by atoms with Gasteiger partial charge < -0.3 is 14.8 Å². The molecule has 0 aromatic heterocycles. The van der Waals surface area contributed by atoms with E-state index in [1.165, 1.54) is 42.6 Å². The lowest BCUT2D eigenvalue weighted by atomic mass is 9.70. The Morgan fingerprint density at radius 2 is 1.50 bits per heavy atom. The summed E-state index contributed by atoms with van der Waals surface area (Å²) in [6.07, 6.45) is 2.55. The highest BCUT2D eigenvalue weighted by atomic mass is 16.7. The fourth-order valence-electron chi connectivity index (χ4n) is 6.05. The summed E-state index contributed by atoms with van der Waals surface area (Å²) in [5.74, 6) is 2.81. The first-order valence-corrected chi connectivity index (χ1v) is 11.8. The predicted molar refractivity (Wildman–Crippen MR) is 126 cm³/mol. The van der Waals surface area contributed by atoms with Gasteiger partial charge in [0.05, 0.1) is 0 Å². The van der Waals surface area contributed by atoms with Crippen molar-refractivity contribution in [2.24, 2.45) is 5.92 Å². The Morgan fingerprint density at radius 1 is 0.812 bits per heavy atom. The van der Waals surface area contributed by atoms with E-state index in [0.29, 0.717) is 30.7 Å². The summed E-state index contributed by atoms with van der Waals surface area (Å²) in [7, 11) is 0. The van der Waals surface area contributed by atoms with E-state index in [4.69, 9.17) is 9.47 Å². The van der Waals surface area contributed by atoms with Crippen LogP contribution in [0.25, 0.3) is 0 Å². The number of hydrogen-bond donors (Lipinski definition) is 1. The summed E-state index contributed by atoms with van der Waals surface area (Å²) in [4.78, 5) is 2.73. The molecule has 4 aliphatic heterocycles. The summed E-state index contributed by atoms with van der Waals surface area (Å²) >= 11 is 0. The van der Waals surface area contributed by atoms with Crippen molar-refractivity contribution in [2.45, 2.75) is 37.4 Å². The van der Waals surface area contributed by atoms with Gasteiger partial charge in [-0.05, 0) is 49.0 Å². The van der Waals surface area contributed by atoms with Crippen LogP contribution in [0.5, 0.6) is 11.5 Å². The average Bonchev–Trinajstić information content (AvgIpc) is 3.35. The highest BCUT2D eigenvalue weighted by molar-refractivity contribution is 5.48. The molecule has 2 atom stereocenters. The van der Waals surface area contributed by atoms with Crippen LogP contribution in [-0.4, -0.2) is 36.9 Å². The second-order valence-corrected chi connectivity index (χ2v) is 9.22. The summed E-state index contributed by atoms with van der Waals surface area (Å²) in [6.45, 7) is 3.51. The number of rotatable bonds is 6. The molecule has 2 bridgehead atoms. The molecular formula is C28H30N2O2. The van der Waals surface area contributed by atoms with Gasteiger partial charge in [0, 0.05) is 30.1 Å². The summed E-state index contributed by atoms with van der Waals surface area (Å²) in [5.41, 5.74) is 3.99. The molecule has 32 heavy (non-hydrogen) atoms. The Morgan fingerprint density at radius 3 is 2.19 bits per heavy atom. The van der Waals surface area contributed by atoms with Gasteiger partial charge >= 0.3 is 0 Å². The maximum Gasteiger partial charge on any atom is 0.231 e. The number of piperidine rings is 3. The van der Waals surface area contributed by atoms with E-state index in [1.54, 1.807) is 0 Å². The Kier molecular flexibility index (Phi) is 5.34. The number of nitrogens with one attached hydrogen (secondary N) is 1. The number of para-hydroxylation sites is 1. The normalized spacial score (nSPS) is 25.9. The van der Waals surface area contributed by atoms with E-state index in [9.17, 15) is 0 Å². The molecular weight excluding hydrogens is 396 g/mol. The first kappa shape index (κ1) is 19.8. The fraction of sp³-hybridized carbons (Fsp3) is 0.357. The van der Waals surface area contributed by atoms with Crippen molar-refractivity contribution >= 4 is 0 Å². The lowest BCUT2D eigenvalue weighted by Crippen LogP contribution is -2.64. The molecule has 7 rings (SSSR count). The van der Waals surface area contributed by atoms with Crippen LogP contribution in [0.15, 0.2) is 78.9 Å². The van der Waals surface area contributed by atoms with Crippen LogP contribution in [0.3, 0.4) is 0 Å². The van der Waals surface area contributed by atoms with E-state index < -0.39 is 0 Å². The maximum absolute atomic E-state index is 5.77. The van der Waals surface area contributed by atoms with Crippen LogP contribution in [0.1, 0.15) is 35.4 Å². The minimum atomic E-state index is 0.318. The van der Waals surface area contributed by atoms with E-state index in [0.717, 1.165) is 18.0 Å². The van der Waals surface area contributed by atoms with Gasteiger partial charge in [0.1, 0.15) is 0 Å². The smallest absolute Gasteiger partial charge is 0.231 e. The molecule has 4 heterocycles. The first-order valence-electron chi connectivity index (χ1n) is 11.8. The number of fused-ring (bicyclic) bond motifs is 4. The van der Waals surface area contributed by atoms with Gasteiger partial charge in [0.2, 0.25) is 6.79 Å². The molecule has 4 aliphatic rings. The quantitative estimate of drug-likeness (QED) is 0.614. The monoisotopic (exact) mass is 426 g/mol. The topological polar surface area (TPSA) is 33.7 Å². The van der Waals surface area contributed by atoms with Crippen LogP contribution >= 0.6 is 0 Å². The zero-order valence-corrected chi connectivity index (χ0v) is 18.3. The fourth-order valence-corrected chi connectivity index (χ4v) is 6.05. The maximum atomic E-state index is 5.77. The molecule has 0 saturated carbocycles. The minimum Gasteiger partial charge on any atom is -0.454 e. The van der Waals surface area contributed by atoms with Crippen molar-refractivity contribution in [3.63, 3.8) is 0 Å². The molecule has 0 aliphatic carbocycles.